The van der Waals surface area contributed by atoms with Crippen molar-refractivity contribution in [2.45, 2.75) is 0 Å². The second-order valence-corrected chi connectivity index (χ2v) is 14.2. The number of aromatic nitrogens is 3. The van der Waals surface area contributed by atoms with Crippen molar-refractivity contribution in [1.29, 1.82) is 15.8 Å². The Bertz CT molecular complexity index is 3580. The third-order valence-electron chi connectivity index (χ3n) is 11.3. The number of hydrogen-bond acceptors (Lipinski definition) is 3. The van der Waals surface area contributed by atoms with Gasteiger partial charge in [-0.3, -0.25) is 0 Å². The molecule has 6 nitrogen and oxygen atoms in total. The summed E-state index contributed by atoms with van der Waals surface area (Å²) in [6, 6.07) is 64.7. The molecule has 6 heteroatoms. The molecule has 0 radical (unpaired) electrons. The van der Waals surface area contributed by atoms with E-state index in [0.29, 0.717) is 16.7 Å². The van der Waals surface area contributed by atoms with Gasteiger partial charge in [0, 0.05) is 43.4 Å². The Morgan fingerprint density at radius 1 is 0.333 bits per heavy atom. The van der Waals surface area contributed by atoms with Gasteiger partial charge in [0.2, 0.25) is 0 Å². The van der Waals surface area contributed by atoms with E-state index in [0.717, 1.165) is 82.8 Å². The van der Waals surface area contributed by atoms with Crippen LogP contribution in [0, 0.1) is 34.0 Å². The average Bonchev–Trinajstić information content (AvgIpc) is 3.91. The maximum Gasteiger partial charge on any atom is 0.101 e. The summed E-state index contributed by atoms with van der Waals surface area (Å²) in [7, 11) is 0. The van der Waals surface area contributed by atoms with Crippen LogP contribution >= 0.6 is 0 Å². The summed E-state index contributed by atoms with van der Waals surface area (Å²) in [6.07, 6.45) is 0. The zero-order valence-corrected chi connectivity index (χ0v) is 30.3. The molecule has 11 aromatic rings. The van der Waals surface area contributed by atoms with E-state index in [1.807, 2.05) is 60.7 Å². The molecule has 0 saturated carbocycles. The van der Waals surface area contributed by atoms with E-state index in [9.17, 15) is 15.8 Å². The number of para-hydroxylation sites is 5. The van der Waals surface area contributed by atoms with Crippen LogP contribution in [0.4, 0.5) is 0 Å². The lowest BCUT2D eigenvalue weighted by Crippen LogP contribution is -2.03. The molecule has 262 valence electrons. The fourth-order valence-corrected chi connectivity index (χ4v) is 9.02. The molecule has 0 amide bonds. The predicted octanol–water partition coefficient (Wildman–Crippen LogP) is 12.3. The Morgan fingerprint density at radius 2 is 0.807 bits per heavy atom. The van der Waals surface area contributed by atoms with E-state index in [2.05, 4.69) is 141 Å². The van der Waals surface area contributed by atoms with Gasteiger partial charge in [-0.25, -0.2) is 0 Å². The van der Waals surface area contributed by atoms with Gasteiger partial charge in [0.15, 0.2) is 0 Å². The maximum atomic E-state index is 10.9. The monoisotopic (exact) mass is 724 g/mol. The van der Waals surface area contributed by atoms with Gasteiger partial charge in [-0.1, -0.05) is 91.0 Å². The number of fused-ring (bicyclic) bond motifs is 9. The van der Waals surface area contributed by atoms with Gasteiger partial charge in [-0.05, 0) is 78.9 Å². The molecule has 0 spiro atoms. The van der Waals surface area contributed by atoms with Crippen LogP contribution in [0.2, 0.25) is 0 Å². The number of hydrogen-bond donors (Lipinski definition) is 0. The first kappa shape index (κ1) is 32.1. The molecule has 0 aliphatic carbocycles. The summed E-state index contributed by atoms with van der Waals surface area (Å²) in [5, 5.41) is 37.1. The van der Waals surface area contributed by atoms with Gasteiger partial charge in [0.25, 0.3) is 0 Å². The van der Waals surface area contributed by atoms with Gasteiger partial charge in [-0.2, -0.15) is 15.8 Å². The van der Waals surface area contributed by atoms with Crippen LogP contribution < -0.4 is 0 Å². The van der Waals surface area contributed by atoms with Crippen molar-refractivity contribution in [3.63, 3.8) is 0 Å². The van der Waals surface area contributed by atoms with Gasteiger partial charge in [0.05, 0.1) is 79.0 Å². The molecule has 0 aliphatic heterocycles. The smallest absolute Gasteiger partial charge is 0.101 e. The highest BCUT2D eigenvalue weighted by molar-refractivity contribution is 6.17. The van der Waals surface area contributed by atoms with Crippen LogP contribution in [0.3, 0.4) is 0 Å². The van der Waals surface area contributed by atoms with E-state index < -0.39 is 0 Å². The van der Waals surface area contributed by atoms with Crippen LogP contribution in [-0.2, 0) is 0 Å². The zero-order valence-electron chi connectivity index (χ0n) is 30.3. The predicted molar refractivity (Wildman–Crippen MR) is 229 cm³/mol. The highest BCUT2D eigenvalue weighted by Gasteiger charge is 2.25. The topological polar surface area (TPSA) is 86.2 Å². The van der Waals surface area contributed by atoms with Crippen molar-refractivity contribution >= 4 is 65.4 Å². The summed E-state index contributed by atoms with van der Waals surface area (Å²) >= 11 is 0. The lowest BCUT2D eigenvalue weighted by molar-refractivity contribution is 1.15. The molecule has 0 fully saturated rings. The molecule has 57 heavy (non-hydrogen) atoms. The second-order valence-electron chi connectivity index (χ2n) is 14.2. The van der Waals surface area contributed by atoms with Gasteiger partial charge in [0.1, 0.15) is 6.07 Å². The molecular weight excluding hydrogens is 697 g/mol. The van der Waals surface area contributed by atoms with Crippen LogP contribution in [0.1, 0.15) is 16.7 Å². The highest BCUT2D eigenvalue weighted by Crippen LogP contribution is 2.44. The summed E-state index contributed by atoms with van der Waals surface area (Å²) in [4.78, 5) is 0. The Morgan fingerprint density at radius 3 is 1.46 bits per heavy atom. The normalized spacial score (nSPS) is 11.5. The molecular formula is C51H28N6. The largest absolute Gasteiger partial charge is 0.309 e. The molecule has 3 aromatic heterocycles. The molecule has 0 unspecified atom stereocenters. The van der Waals surface area contributed by atoms with E-state index in [1.165, 1.54) is 10.8 Å². The van der Waals surface area contributed by atoms with Crippen LogP contribution in [-0.4, -0.2) is 13.7 Å². The van der Waals surface area contributed by atoms with E-state index >= 15 is 0 Å². The quantitative estimate of drug-likeness (QED) is 0.181. The summed E-state index contributed by atoms with van der Waals surface area (Å²) in [5.41, 5.74) is 12.2. The third kappa shape index (κ3) is 4.55. The van der Waals surface area contributed by atoms with Crippen molar-refractivity contribution in [1.82, 2.24) is 13.7 Å². The molecule has 0 aliphatic rings. The number of rotatable bonds is 4. The fraction of sp³-hybridized carbons (Fsp3) is 0. The Labute approximate surface area is 326 Å². The molecule has 11 rings (SSSR count). The summed E-state index contributed by atoms with van der Waals surface area (Å²) in [5.74, 6) is 0. The first-order valence-corrected chi connectivity index (χ1v) is 18.7. The van der Waals surface area contributed by atoms with Gasteiger partial charge >= 0.3 is 0 Å². The molecule has 0 N–H and O–H groups in total. The second kappa shape index (κ2) is 12.3. The standard InChI is InChI=1S/C51H28N6/c52-29-32-23-25-46-40(27-32)38-15-4-8-20-45(38)56(46)48-21-10-22-49-50(48)41-28-33(30-53)24-26-47(41)57(49)51-34(31-54)11-9-16-39(51)37-14-3-7-19-44(37)55-42-17-5-1-12-35(42)36-13-2-6-18-43(36)55/h1-28H. The molecule has 3 heterocycles. The van der Waals surface area contributed by atoms with Gasteiger partial charge < -0.3 is 13.7 Å². The maximum absolute atomic E-state index is 10.9. The van der Waals surface area contributed by atoms with Crippen LogP contribution in [0.25, 0.3) is 93.6 Å². The molecule has 0 saturated heterocycles. The Balaban J connectivity index is 1.26. The van der Waals surface area contributed by atoms with Crippen molar-refractivity contribution in [3.05, 3.63) is 187 Å². The number of benzene rings is 8. The summed E-state index contributed by atoms with van der Waals surface area (Å²) < 4.78 is 6.78. The molecule has 8 aromatic carbocycles. The van der Waals surface area contributed by atoms with Crippen molar-refractivity contribution in [2.24, 2.45) is 0 Å². The minimum Gasteiger partial charge on any atom is -0.309 e. The highest BCUT2D eigenvalue weighted by atomic mass is 15.0. The lowest BCUT2D eigenvalue weighted by Gasteiger charge is -2.19. The number of nitrogens with zero attached hydrogens (tertiary/aromatic N) is 6. The first-order valence-electron chi connectivity index (χ1n) is 18.7. The first-order chi connectivity index (χ1) is 28.2. The Hall–Kier alpha value is -8.37. The van der Waals surface area contributed by atoms with Crippen molar-refractivity contribution in [2.75, 3.05) is 0 Å². The SMILES string of the molecule is N#Cc1ccc2c(c1)c1ccccc1n2-c1cccc2c1c1cc(C#N)ccc1n2-c1c(C#N)cccc1-c1ccccc1-n1c2ccccc2c2ccccc21. The lowest BCUT2D eigenvalue weighted by atomic mass is 9.98. The van der Waals surface area contributed by atoms with E-state index in [1.54, 1.807) is 0 Å². The fourth-order valence-electron chi connectivity index (χ4n) is 9.02. The van der Waals surface area contributed by atoms with Crippen molar-refractivity contribution < 1.29 is 0 Å². The summed E-state index contributed by atoms with van der Waals surface area (Å²) in [6.45, 7) is 0. The van der Waals surface area contributed by atoms with E-state index in [-0.39, 0.29) is 0 Å². The number of nitriles is 3. The Kier molecular flexibility index (Phi) is 6.95. The molecule has 0 bridgehead atoms. The van der Waals surface area contributed by atoms with Crippen LogP contribution in [0.15, 0.2) is 170 Å². The van der Waals surface area contributed by atoms with E-state index in [4.69, 9.17) is 0 Å². The third-order valence-corrected chi connectivity index (χ3v) is 11.3. The average molecular weight is 725 g/mol. The minimum atomic E-state index is 0.527. The molecule has 0 atom stereocenters. The minimum absolute atomic E-state index is 0.527. The van der Waals surface area contributed by atoms with Gasteiger partial charge in [-0.15, -0.1) is 0 Å². The zero-order chi connectivity index (χ0) is 38.2. The van der Waals surface area contributed by atoms with Crippen LogP contribution in [0.5, 0.6) is 0 Å². The van der Waals surface area contributed by atoms with Crippen molar-refractivity contribution in [3.8, 4) is 46.4 Å².